The van der Waals surface area contributed by atoms with Crippen LogP contribution in [-0.2, 0) is 11.3 Å². The van der Waals surface area contributed by atoms with Crippen LogP contribution in [0.2, 0.25) is 0 Å². The summed E-state index contributed by atoms with van der Waals surface area (Å²) in [6, 6.07) is 4.10. The number of carbonyl (C=O) groups is 1. The molecule has 7 nitrogen and oxygen atoms in total. The number of halogens is 1. The molecule has 1 unspecified atom stereocenters. The maximum atomic E-state index is 11.6. The molecule has 136 valence electrons. The second-order valence-corrected chi connectivity index (χ2v) is 5.61. The molecule has 0 radical (unpaired) electrons. The Morgan fingerprint density at radius 2 is 2.04 bits per heavy atom. The molecule has 3 N–H and O–H groups in total. The van der Waals surface area contributed by atoms with Gasteiger partial charge < -0.3 is 25.3 Å². The highest BCUT2D eigenvalue weighted by atomic mass is 127. The largest absolute Gasteiger partial charge is 0.450 e. The van der Waals surface area contributed by atoms with Gasteiger partial charge in [0.05, 0.1) is 12.6 Å². The fraction of sp³-hybridized carbons (Fsp3) is 0.625. The van der Waals surface area contributed by atoms with Gasteiger partial charge in [0.15, 0.2) is 5.96 Å². The SMILES string of the molecule is CCOC(=O)NC(CNC(=NC)NCCn1cccc1)C1CC1.I. The lowest BCUT2D eigenvalue weighted by Crippen LogP contribution is -2.48. The first-order valence-electron chi connectivity index (χ1n) is 8.21. The first-order chi connectivity index (χ1) is 11.2. The first kappa shape index (κ1) is 20.6. The molecule has 1 atom stereocenters. The van der Waals surface area contributed by atoms with E-state index in [1.165, 1.54) is 0 Å². The number of hydrogen-bond donors (Lipinski definition) is 3. The minimum atomic E-state index is -0.346. The van der Waals surface area contributed by atoms with E-state index in [0.717, 1.165) is 31.9 Å². The number of aromatic nitrogens is 1. The van der Waals surface area contributed by atoms with E-state index in [1.807, 2.05) is 24.5 Å². The van der Waals surface area contributed by atoms with Gasteiger partial charge in [0.2, 0.25) is 0 Å². The number of nitrogens with one attached hydrogen (secondary N) is 3. The molecule has 0 aromatic carbocycles. The van der Waals surface area contributed by atoms with Gasteiger partial charge in [-0.25, -0.2) is 4.79 Å². The van der Waals surface area contributed by atoms with E-state index in [9.17, 15) is 4.79 Å². The average molecular weight is 449 g/mol. The summed E-state index contributed by atoms with van der Waals surface area (Å²) in [6.07, 6.45) is 6.02. The van der Waals surface area contributed by atoms with E-state index in [2.05, 4.69) is 25.5 Å². The van der Waals surface area contributed by atoms with Crippen molar-refractivity contribution in [3.63, 3.8) is 0 Å². The van der Waals surface area contributed by atoms with Crippen LogP contribution in [0, 0.1) is 5.92 Å². The summed E-state index contributed by atoms with van der Waals surface area (Å²) in [5.41, 5.74) is 0. The monoisotopic (exact) mass is 449 g/mol. The highest BCUT2D eigenvalue weighted by Crippen LogP contribution is 2.32. The molecular formula is C16H28IN5O2. The van der Waals surface area contributed by atoms with Crippen molar-refractivity contribution in [2.45, 2.75) is 32.4 Å². The van der Waals surface area contributed by atoms with Crippen molar-refractivity contribution in [3.8, 4) is 0 Å². The van der Waals surface area contributed by atoms with Gasteiger partial charge in [-0.2, -0.15) is 0 Å². The van der Waals surface area contributed by atoms with Crippen molar-refractivity contribution in [2.24, 2.45) is 10.9 Å². The van der Waals surface area contributed by atoms with Crippen LogP contribution in [0.1, 0.15) is 19.8 Å². The number of amides is 1. The Morgan fingerprint density at radius 3 is 2.62 bits per heavy atom. The summed E-state index contributed by atoms with van der Waals surface area (Å²) < 4.78 is 7.07. The molecule has 1 aromatic heterocycles. The molecule has 1 aliphatic rings. The molecule has 0 spiro atoms. The Balaban J connectivity index is 0.00000288. The third kappa shape index (κ3) is 7.41. The molecule has 2 rings (SSSR count). The molecule has 1 aliphatic carbocycles. The summed E-state index contributed by atoms with van der Waals surface area (Å²) in [5, 5.41) is 9.48. The summed E-state index contributed by atoms with van der Waals surface area (Å²) in [5.74, 6) is 1.28. The van der Waals surface area contributed by atoms with Crippen LogP contribution < -0.4 is 16.0 Å². The van der Waals surface area contributed by atoms with E-state index >= 15 is 0 Å². The maximum Gasteiger partial charge on any atom is 0.407 e. The Hall–Kier alpha value is -1.45. The Kier molecular flexibility index (Phi) is 9.58. The zero-order valence-electron chi connectivity index (χ0n) is 14.3. The first-order valence-corrected chi connectivity index (χ1v) is 8.21. The van der Waals surface area contributed by atoms with Crippen LogP contribution >= 0.6 is 24.0 Å². The maximum absolute atomic E-state index is 11.6. The number of carbonyl (C=O) groups excluding carboxylic acids is 1. The van der Waals surface area contributed by atoms with E-state index in [1.54, 1.807) is 14.0 Å². The third-order valence-corrected chi connectivity index (χ3v) is 3.81. The molecule has 0 saturated heterocycles. The van der Waals surface area contributed by atoms with Gasteiger partial charge in [0, 0.05) is 39.1 Å². The Bertz CT molecular complexity index is 503. The lowest BCUT2D eigenvalue weighted by molar-refractivity contribution is 0.146. The quantitative estimate of drug-likeness (QED) is 0.321. The molecule has 24 heavy (non-hydrogen) atoms. The molecule has 1 amide bonds. The van der Waals surface area contributed by atoms with Crippen LogP contribution in [0.25, 0.3) is 0 Å². The van der Waals surface area contributed by atoms with Gasteiger partial charge in [-0.15, -0.1) is 24.0 Å². The number of aliphatic imine (C=N–C) groups is 1. The van der Waals surface area contributed by atoms with Gasteiger partial charge in [-0.05, 0) is 37.8 Å². The van der Waals surface area contributed by atoms with Crippen LogP contribution in [-0.4, -0.2) is 49.4 Å². The predicted molar refractivity (Wildman–Crippen MR) is 106 cm³/mol. The normalized spacial score (nSPS) is 15.2. The third-order valence-electron chi connectivity index (χ3n) is 3.81. The zero-order valence-corrected chi connectivity index (χ0v) is 16.7. The molecular weight excluding hydrogens is 421 g/mol. The molecule has 0 bridgehead atoms. The van der Waals surface area contributed by atoms with Crippen molar-refractivity contribution < 1.29 is 9.53 Å². The number of ether oxygens (including phenoxy) is 1. The van der Waals surface area contributed by atoms with E-state index < -0.39 is 0 Å². The molecule has 1 aromatic rings. The second kappa shape index (κ2) is 11.2. The van der Waals surface area contributed by atoms with Crippen LogP contribution in [0.4, 0.5) is 4.79 Å². The zero-order chi connectivity index (χ0) is 16.5. The fourth-order valence-electron chi connectivity index (χ4n) is 2.41. The summed E-state index contributed by atoms with van der Waals surface area (Å²) in [6.45, 7) is 4.50. The van der Waals surface area contributed by atoms with Crippen molar-refractivity contribution >= 4 is 36.0 Å². The van der Waals surface area contributed by atoms with Crippen molar-refractivity contribution in [1.82, 2.24) is 20.5 Å². The summed E-state index contributed by atoms with van der Waals surface area (Å²) in [4.78, 5) is 15.8. The summed E-state index contributed by atoms with van der Waals surface area (Å²) >= 11 is 0. The number of alkyl carbamates (subject to hydrolysis) is 1. The topological polar surface area (TPSA) is 79.7 Å². The van der Waals surface area contributed by atoms with Gasteiger partial charge in [-0.1, -0.05) is 0 Å². The van der Waals surface area contributed by atoms with Gasteiger partial charge in [-0.3, -0.25) is 4.99 Å². The molecule has 8 heteroatoms. The molecule has 1 saturated carbocycles. The van der Waals surface area contributed by atoms with E-state index in [0.29, 0.717) is 19.1 Å². The molecule has 0 aliphatic heterocycles. The van der Waals surface area contributed by atoms with Crippen molar-refractivity contribution in [1.29, 1.82) is 0 Å². The second-order valence-electron chi connectivity index (χ2n) is 5.61. The highest BCUT2D eigenvalue weighted by molar-refractivity contribution is 14.0. The fourth-order valence-corrected chi connectivity index (χ4v) is 2.41. The van der Waals surface area contributed by atoms with Crippen molar-refractivity contribution in [2.75, 3.05) is 26.7 Å². The van der Waals surface area contributed by atoms with Crippen molar-refractivity contribution in [3.05, 3.63) is 24.5 Å². The minimum Gasteiger partial charge on any atom is -0.450 e. The minimum absolute atomic E-state index is 0. The number of guanidine groups is 1. The lowest BCUT2D eigenvalue weighted by Gasteiger charge is -2.20. The van der Waals surface area contributed by atoms with E-state index in [-0.39, 0.29) is 36.1 Å². The van der Waals surface area contributed by atoms with Crippen LogP contribution in [0.15, 0.2) is 29.5 Å². The van der Waals surface area contributed by atoms with Gasteiger partial charge in [0.25, 0.3) is 0 Å². The van der Waals surface area contributed by atoms with Gasteiger partial charge in [0.1, 0.15) is 0 Å². The average Bonchev–Trinajstić information content (AvgIpc) is 3.26. The molecule has 1 fully saturated rings. The smallest absolute Gasteiger partial charge is 0.407 e. The number of hydrogen-bond acceptors (Lipinski definition) is 3. The highest BCUT2D eigenvalue weighted by Gasteiger charge is 2.32. The predicted octanol–water partition coefficient (Wildman–Crippen LogP) is 1.80. The summed E-state index contributed by atoms with van der Waals surface area (Å²) in [7, 11) is 1.75. The standard InChI is InChI=1S/C16H27N5O2.HI/c1-3-23-16(22)20-14(13-6-7-13)12-19-15(17-2)18-8-11-21-9-4-5-10-21;/h4-5,9-10,13-14H,3,6-8,11-12H2,1-2H3,(H,20,22)(H2,17,18,19);1H. The van der Waals surface area contributed by atoms with Gasteiger partial charge >= 0.3 is 6.09 Å². The number of nitrogens with zero attached hydrogens (tertiary/aromatic N) is 2. The Morgan fingerprint density at radius 1 is 1.33 bits per heavy atom. The molecule has 1 heterocycles. The van der Waals surface area contributed by atoms with Crippen LogP contribution in [0.5, 0.6) is 0 Å². The lowest BCUT2D eigenvalue weighted by atomic mass is 10.2. The van der Waals surface area contributed by atoms with E-state index in [4.69, 9.17) is 4.74 Å². The van der Waals surface area contributed by atoms with Crippen LogP contribution in [0.3, 0.4) is 0 Å². The Labute approximate surface area is 160 Å². The number of rotatable bonds is 8.